The molecule has 3 heterocycles. The summed E-state index contributed by atoms with van der Waals surface area (Å²) in [5.74, 6) is 2.08. The monoisotopic (exact) mass is 352 g/mol. The van der Waals surface area contributed by atoms with E-state index in [1.807, 2.05) is 0 Å². The van der Waals surface area contributed by atoms with Gasteiger partial charge in [-0.25, -0.2) is 9.97 Å². The Kier molecular flexibility index (Phi) is 4.29. The lowest BCUT2D eigenvalue weighted by atomic mass is 9.92. The highest BCUT2D eigenvalue weighted by atomic mass is 15.4. The molecule has 2 aromatic rings. The lowest BCUT2D eigenvalue weighted by Crippen LogP contribution is -2.59. The predicted molar refractivity (Wildman–Crippen MR) is 104 cm³/mol. The summed E-state index contributed by atoms with van der Waals surface area (Å²) in [7, 11) is 2.16. The van der Waals surface area contributed by atoms with Crippen molar-refractivity contribution in [2.45, 2.75) is 57.9 Å². The van der Waals surface area contributed by atoms with Crippen LogP contribution in [0.1, 0.15) is 50.6 Å². The van der Waals surface area contributed by atoms with E-state index in [4.69, 9.17) is 0 Å². The van der Waals surface area contributed by atoms with E-state index in [2.05, 4.69) is 69.9 Å². The van der Waals surface area contributed by atoms with Gasteiger partial charge in [0.2, 0.25) is 0 Å². The summed E-state index contributed by atoms with van der Waals surface area (Å²) in [6.07, 6.45) is 6.40. The summed E-state index contributed by atoms with van der Waals surface area (Å²) in [6.45, 7) is 8.40. The first kappa shape index (κ1) is 17.2. The highest BCUT2D eigenvalue weighted by molar-refractivity contribution is 5.53. The normalized spacial score (nSPS) is 17.6. The first-order valence-corrected chi connectivity index (χ1v) is 9.58. The van der Waals surface area contributed by atoms with Crippen molar-refractivity contribution in [3.8, 4) is 0 Å². The zero-order valence-electron chi connectivity index (χ0n) is 16.2. The molecule has 0 atom stereocenters. The molecular formula is C20H28N6. The Morgan fingerprint density at radius 1 is 1.04 bits per heavy atom. The van der Waals surface area contributed by atoms with E-state index < -0.39 is 0 Å². The largest absolute Gasteiger partial charge is 0.353 e. The van der Waals surface area contributed by atoms with Crippen LogP contribution in [0.3, 0.4) is 0 Å². The SMILES string of the molecule is CN(c1ncnc2c1CCCC2)C1CN(c2ccc(C(C)(C)C)nn2)C1. The maximum Gasteiger partial charge on any atom is 0.151 e. The van der Waals surface area contributed by atoms with Crippen molar-refractivity contribution in [1.29, 1.82) is 0 Å². The number of aryl methyl sites for hydroxylation is 1. The number of likely N-dealkylation sites (N-methyl/N-ethyl adjacent to an activating group) is 1. The standard InChI is InChI=1S/C20H28N6/c1-20(2,3)17-9-10-18(24-23-17)26-11-14(12-26)25(4)19-15-7-5-6-8-16(15)21-13-22-19/h9-10,13-14H,5-8,11-12H2,1-4H3. The summed E-state index contributed by atoms with van der Waals surface area (Å²) in [6, 6.07) is 4.65. The number of aromatic nitrogens is 4. The molecule has 0 unspecified atom stereocenters. The average molecular weight is 352 g/mol. The number of hydrogen-bond donors (Lipinski definition) is 0. The van der Waals surface area contributed by atoms with Crippen LogP contribution in [-0.2, 0) is 18.3 Å². The quantitative estimate of drug-likeness (QED) is 0.847. The molecule has 0 N–H and O–H groups in total. The molecule has 0 bridgehead atoms. The number of rotatable bonds is 3. The van der Waals surface area contributed by atoms with Crippen molar-refractivity contribution in [2.24, 2.45) is 0 Å². The van der Waals surface area contributed by atoms with Gasteiger partial charge in [0.15, 0.2) is 5.82 Å². The molecule has 0 radical (unpaired) electrons. The van der Waals surface area contributed by atoms with Crippen molar-refractivity contribution < 1.29 is 0 Å². The van der Waals surface area contributed by atoms with Crippen LogP contribution in [0.15, 0.2) is 18.5 Å². The lowest BCUT2D eigenvalue weighted by molar-refractivity contribution is 0.482. The molecule has 0 saturated carbocycles. The summed E-state index contributed by atoms with van der Waals surface area (Å²) >= 11 is 0. The Hall–Kier alpha value is -2.24. The fourth-order valence-electron chi connectivity index (χ4n) is 3.76. The van der Waals surface area contributed by atoms with Gasteiger partial charge in [0, 0.05) is 36.8 Å². The van der Waals surface area contributed by atoms with Crippen LogP contribution >= 0.6 is 0 Å². The van der Waals surface area contributed by atoms with E-state index >= 15 is 0 Å². The summed E-state index contributed by atoms with van der Waals surface area (Å²) < 4.78 is 0. The minimum Gasteiger partial charge on any atom is -0.353 e. The minimum atomic E-state index is 0.0370. The fraction of sp³-hybridized carbons (Fsp3) is 0.600. The summed E-state index contributed by atoms with van der Waals surface area (Å²) in [4.78, 5) is 13.7. The van der Waals surface area contributed by atoms with E-state index in [1.54, 1.807) is 6.33 Å². The molecule has 2 aromatic heterocycles. The molecule has 1 aliphatic heterocycles. The predicted octanol–water partition coefficient (Wildman–Crippen LogP) is 2.77. The van der Waals surface area contributed by atoms with Crippen molar-refractivity contribution >= 4 is 11.6 Å². The fourth-order valence-corrected chi connectivity index (χ4v) is 3.76. The number of fused-ring (bicyclic) bond motifs is 1. The molecule has 1 fully saturated rings. The van der Waals surface area contributed by atoms with Crippen LogP contribution < -0.4 is 9.80 Å². The van der Waals surface area contributed by atoms with Crippen LogP contribution in [-0.4, -0.2) is 46.3 Å². The van der Waals surface area contributed by atoms with Gasteiger partial charge in [-0.15, -0.1) is 5.10 Å². The molecule has 6 heteroatoms. The number of nitrogens with zero attached hydrogens (tertiary/aromatic N) is 6. The minimum absolute atomic E-state index is 0.0370. The second-order valence-corrected chi connectivity index (χ2v) is 8.53. The third-order valence-electron chi connectivity index (χ3n) is 5.59. The summed E-state index contributed by atoms with van der Waals surface area (Å²) in [5.41, 5.74) is 3.67. The van der Waals surface area contributed by atoms with Crippen molar-refractivity contribution in [1.82, 2.24) is 20.2 Å². The van der Waals surface area contributed by atoms with Crippen LogP contribution in [0.5, 0.6) is 0 Å². The van der Waals surface area contributed by atoms with Crippen LogP contribution in [0.4, 0.5) is 11.6 Å². The topological polar surface area (TPSA) is 58.0 Å². The molecule has 0 spiro atoms. The molecular weight excluding hydrogens is 324 g/mol. The second-order valence-electron chi connectivity index (χ2n) is 8.53. The first-order valence-electron chi connectivity index (χ1n) is 9.58. The highest BCUT2D eigenvalue weighted by Gasteiger charge is 2.33. The molecule has 1 aliphatic carbocycles. The molecule has 0 amide bonds. The van der Waals surface area contributed by atoms with Gasteiger partial charge in [-0.05, 0) is 37.8 Å². The van der Waals surface area contributed by atoms with E-state index in [0.717, 1.165) is 43.3 Å². The Morgan fingerprint density at radius 3 is 2.50 bits per heavy atom. The first-order chi connectivity index (χ1) is 12.4. The van der Waals surface area contributed by atoms with E-state index in [-0.39, 0.29) is 5.41 Å². The Labute approximate surface area is 155 Å². The van der Waals surface area contributed by atoms with E-state index in [9.17, 15) is 0 Å². The second kappa shape index (κ2) is 6.49. The molecule has 2 aliphatic rings. The summed E-state index contributed by atoms with van der Waals surface area (Å²) in [5, 5.41) is 8.85. The van der Waals surface area contributed by atoms with Crippen molar-refractivity contribution in [3.05, 3.63) is 35.4 Å². The van der Waals surface area contributed by atoms with Gasteiger partial charge in [0.05, 0.1) is 11.7 Å². The third-order valence-corrected chi connectivity index (χ3v) is 5.59. The molecule has 0 aromatic carbocycles. The zero-order chi connectivity index (χ0) is 18.3. The van der Waals surface area contributed by atoms with Gasteiger partial charge in [-0.2, -0.15) is 5.10 Å². The van der Waals surface area contributed by atoms with Crippen molar-refractivity contribution in [2.75, 3.05) is 29.9 Å². The molecule has 6 nitrogen and oxygen atoms in total. The Morgan fingerprint density at radius 2 is 1.81 bits per heavy atom. The number of hydrogen-bond acceptors (Lipinski definition) is 6. The van der Waals surface area contributed by atoms with Crippen molar-refractivity contribution in [3.63, 3.8) is 0 Å². The van der Waals surface area contributed by atoms with Gasteiger partial charge < -0.3 is 9.80 Å². The van der Waals surface area contributed by atoms with Crippen LogP contribution in [0, 0.1) is 0 Å². The third kappa shape index (κ3) is 3.13. The van der Waals surface area contributed by atoms with Gasteiger partial charge in [-0.1, -0.05) is 20.8 Å². The Bertz CT molecular complexity index is 774. The molecule has 1 saturated heterocycles. The van der Waals surface area contributed by atoms with Gasteiger partial charge >= 0.3 is 0 Å². The van der Waals surface area contributed by atoms with E-state index in [0.29, 0.717) is 6.04 Å². The maximum absolute atomic E-state index is 4.60. The Balaban J connectivity index is 1.43. The maximum atomic E-state index is 4.60. The molecule has 26 heavy (non-hydrogen) atoms. The van der Waals surface area contributed by atoms with Crippen LogP contribution in [0.25, 0.3) is 0 Å². The highest BCUT2D eigenvalue weighted by Crippen LogP contribution is 2.30. The smallest absolute Gasteiger partial charge is 0.151 e. The van der Waals surface area contributed by atoms with E-state index in [1.165, 1.54) is 24.1 Å². The van der Waals surface area contributed by atoms with Gasteiger partial charge in [0.1, 0.15) is 12.1 Å². The van der Waals surface area contributed by atoms with Gasteiger partial charge in [0.25, 0.3) is 0 Å². The molecule has 138 valence electrons. The average Bonchev–Trinajstić information content (AvgIpc) is 2.59. The lowest BCUT2D eigenvalue weighted by Gasteiger charge is -2.45. The van der Waals surface area contributed by atoms with Gasteiger partial charge in [-0.3, -0.25) is 0 Å². The zero-order valence-corrected chi connectivity index (χ0v) is 16.2. The molecule has 4 rings (SSSR count). The van der Waals surface area contributed by atoms with Crippen LogP contribution in [0.2, 0.25) is 0 Å². The number of anilines is 2.